The van der Waals surface area contributed by atoms with Crippen LogP contribution >= 0.6 is 0 Å². The van der Waals surface area contributed by atoms with Crippen LogP contribution in [0.25, 0.3) is 0 Å². The topological polar surface area (TPSA) is 12.0 Å². The Morgan fingerprint density at radius 3 is 2.08 bits per heavy atom. The summed E-state index contributed by atoms with van der Waals surface area (Å²) in [5.74, 6) is 1.63. The van der Waals surface area contributed by atoms with Crippen molar-refractivity contribution in [3.8, 4) is 0 Å². The minimum atomic E-state index is 0.648. The Morgan fingerprint density at radius 2 is 1.77 bits per heavy atom. The third-order valence-electron chi connectivity index (χ3n) is 3.60. The van der Waals surface area contributed by atoms with E-state index in [2.05, 4.69) is 33.0 Å². The molecule has 0 aromatic rings. The Labute approximate surface area is 83.3 Å². The summed E-state index contributed by atoms with van der Waals surface area (Å²) < 4.78 is 0. The zero-order valence-electron chi connectivity index (χ0n) is 9.69. The van der Waals surface area contributed by atoms with Crippen molar-refractivity contribution in [3.63, 3.8) is 0 Å². The molecular weight excluding hydrogens is 158 g/mol. The Balaban J connectivity index is 2.24. The number of hydrogen-bond acceptors (Lipinski definition) is 1. The monoisotopic (exact) mass is 183 g/mol. The molecule has 1 rings (SSSR count). The zero-order valence-corrected chi connectivity index (χ0v) is 9.69. The van der Waals surface area contributed by atoms with Crippen molar-refractivity contribution >= 4 is 0 Å². The maximum Gasteiger partial charge on any atom is 0.00104 e. The van der Waals surface area contributed by atoms with Crippen LogP contribution in [0.4, 0.5) is 0 Å². The van der Waals surface area contributed by atoms with Crippen molar-refractivity contribution in [2.24, 2.45) is 17.3 Å². The molecule has 1 aliphatic carbocycles. The van der Waals surface area contributed by atoms with Crippen LogP contribution in [-0.2, 0) is 0 Å². The first-order valence-corrected chi connectivity index (χ1v) is 5.77. The lowest BCUT2D eigenvalue weighted by molar-refractivity contribution is 0.0672. The molecular formula is C12H25N. The lowest BCUT2D eigenvalue weighted by Gasteiger charge is -2.46. The molecule has 0 aliphatic heterocycles. The molecule has 78 valence electrons. The van der Waals surface area contributed by atoms with Crippen LogP contribution in [0.2, 0.25) is 0 Å². The molecule has 0 spiro atoms. The van der Waals surface area contributed by atoms with E-state index in [-0.39, 0.29) is 0 Å². The van der Waals surface area contributed by atoms with Crippen LogP contribution in [0.5, 0.6) is 0 Å². The van der Waals surface area contributed by atoms with Gasteiger partial charge in [0, 0.05) is 6.54 Å². The molecule has 0 heterocycles. The van der Waals surface area contributed by atoms with Gasteiger partial charge >= 0.3 is 0 Å². The van der Waals surface area contributed by atoms with Gasteiger partial charge in [0.1, 0.15) is 0 Å². The van der Waals surface area contributed by atoms with E-state index in [0.29, 0.717) is 5.41 Å². The number of nitrogens with one attached hydrogen (secondary N) is 1. The lowest BCUT2D eigenvalue weighted by atomic mass is 9.62. The quantitative estimate of drug-likeness (QED) is 0.691. The highest BCUT2D eigenvalue weighted by molar-refractivity contribution is 4.91. The summed E-state index contributed by atoms with van der Waals surface area (Å²) in [6, 6.07) is 0. The van der Waals surface area contributed by atoms with Gasteiger partial charge in [-0.3, -0.25) is 0 Å². The van der Waals surface area contributed by atoms with E-state index < -0.39 is 0 Å². The number of hydrogen-bond donors (Lipinski definition) is 1. The molecule has 0 aromatic heterocycles. The van der Waals surface area contributed by atoms with Gasteiger partial charge in [0.2, 0.25) is 0 Å². The summed E-state index contributed by atoms with van der Waals surface area (Å²) in [5, 5.41) is 3.61. The highest BCUT2D eigenvalue weighted by Crippen LogP contribution is 2.46. The molecule has 1 saturated carbocycles. The summed E-state index contributed by atoms with van der Waals surface area (Å²) in [4.78, 5) is 0. The van der Waals surface area contributed by atoms with Gasteiger partial charge < -0.3 is 5.32 Å². The average Bonchev–Trinajstić information content (AvgIpc) is 1.93. The predicted octanol–water partition coefficient (Wildman–Crippen LogP) is 3.06. The van der Waals surface area contributed by atoms with E-state index in [0.717, 1.165) is 11.8 Å². The van der Waals surface area contributed by atoms with Gasteiger partial charge in [-0.05, 0) is 36.6 Å². The molecule has 0 radical (unpaired) electrons. The van der Waals surface area contributed by atoms with E-state index in [1.54, 1.807) is 0 Å². The van der Waals surface area contributed by atoms with Gasteiger partial charge in [0.05, 0.1) is 0 Å². The average molecular weight is 183 g/mol. The lowest BCUT2D eigenvalue weighted by Crippen LogP contribution is -2.44. The van der Waals surface area contributed by atoms with Crippen LogP contribution in [-0.4, -0.2) is 13.1 Å². The molecule has 0 aromatic carbocycles. The zero-order chi connectivity index (χ0) is 9.90. The molecule has 1 fully saturated rings. The van der Waals surface area contributed by atoms with Gasteiger partial charge in [-0.2, -0.15) is 0 Å². The highest BCUT2D eigenvalue weighted by atomic mass is 14.9. The minimum Gasteiger partial charge on any atom is -0.316 e. The van der Waals surface area contributed by atoms with Crippen LogP contribution < -0.4 is 5.32 Å². The Hall–Kier alpha value is -0.0400. The molecule has 0 unspecified atom stereocenters. The van der Waals surface area contributed by atoms with Crippen LogP contribution in [0.3, 0.4) is 0 Å². The molecule has 0 bridgehead atoms. The third-order valence-corrected chi connectivity index (χ3v) is 3.60. The maximum atomic E-state index is 3.61. The fourth-order valence-corrected chi connectivity index (χ4v) is 2.20. The molecule has 0 amide bonds. The molecule has 13 heavy (non-hydrogen) atoms. The summed E-state index contributed by atoms with van der Waals surface area (Å²) >= 11 is 0. The summed E-state index contributed by atoms with van der Waals surface area (Å²) in [6.07, 6.45) is 4.33. The maximum absolute atomic E-state index is 3.61. The van der Waals surface area contributed by atoms with Crippen LogP contribution in [0, 0.1) is 17.3 Å². The van der Waals surface area contributed by atoms with Crippen LogP contribution in [0.1, 0.15) is 47.0 Å². The Bertz CT molecular complexity index is 145. The Kier molecular flexibility index (Phi) is 3.78. The molecule has 0 atom stereocenters. The van der Waals surface area contributed by atoms with Crippen molar-refractivity contribution in [1.29, 1.82) is 0 Å². The van der Waals surface area contributed by atoms with Crippen molar-refractivity contribution in [2.45, 2.75) is 47.0 Å². The molecule has 1 nitrogen and oxygen atoms in total. The van der Waals surface area contributed by atoms with Gasteiger partial charge in [0.15, 0.2) is 0 Å². The molecule has 1 heteroatoms. The predicted molar refractivity (Wildman–Crippen MR) is 58.8 cm³/mol. The highest BCUT2D eigenvalue weighted by Gasteiger charge is 2.39. The summed E-state index contributed by atoms with van der Waals surface area (Å²) in [6.45, 7) is 11.7. The Morgan fingerprint density at radius 1 is 1.15 bits per heavy atom. The third kappa shape index (κ3) is 2.70. The molecule has 1 N–H and O–H groups in total. The standard InChI is InChI=1S/C12H25N/c1-10(2)8-13-9-12(11(3)4)6-5-7-12/h10-11,13H,5-9H2,1-4H3. The van der Waals surface area contributed by atoms with E-state index in [1.165, 1.54) is 32.4 Å². The van der Waals surface area contributed by atoms with Crippen molar-refractivity contribution in [2.75, 3.05) is 13.1 Å². The van der Waals surface area contributed by atoms with Crippen molar-refractivity contribution < 1.29 is 0 Å². The number of rotatable bonds is 5. The minimum absolute atomic E-state index is 0.648. The van der Waals surface area contributed by atoms with Gasteiger partial charge in [-0.15, -0.1) is 0 Å². The largest absolute Gasteiger partial charge is 0.316 e. The smallest absolute Gasteiger partial charge is 0.00104 e. The second-order valence-corrected chi connectivity index (χ2v) is 5.40. The first kappa shape index (κ1) is 11.0. The fraction of sp³-hybridized carbons (Fsp3) is 1.00. The van der Waals surface area contributed by atoms with Crippen molar-refractivity contribution in [3.05, 3.63) is 0 Å². The van der Waals surface area contributed by atoms with E-state index in [4.69, 9.17) is 0 Å². The van der Waals surface area contributed by atoms with Gasteiger partial charge in [0.25, 0.3) is 0 Å². The van der Waals surface area contributed by atoms with E-state index >= 15 is 0 Å². The fourth-order valence-electron chi connectivity index (χ4n) is 2.20. The summed E-state index contributed by atoms with van der Waals surface area (Å²) in [5.41, 5.74) is 0.648. The van der Waals surface area contributed by atoms with Gasteiger partial charge in [-0.1, -0.05) is 34.1 Å². The second-order valence-electron chi connectivity index (χ2n) is 5.40. The van der Waals surface area contributed by atoms with E-state index in [9.17, 15) is 0 Å². The first-order valence-electron chi connectivity index (χ1n) is 5.77. The van der Waals surface area contributed by atoms with E-state index in [1.807, 2.05) is 0 Å². The van der Waals surface area contributed by atoms with Crippen molar-refractivity contribution in [1.82, 2.24) is 5.32 Å². The SMILES string of the molecule is CC(C)CNCC1(C(C)C)CCC1. The molecule has 0 saturated heterocycles. The normalized spacial score (nSPS) is 20.8. The molecule has 1 aliphatic rings. The van der Waals surface area contributed by atoms with Gasteiger partial charge in [-0.25, -0.2) is 0 Å². The second kappa shape index (κ2) is 4.45. The summed E-state index contributed by atoms with van der Waals surface area (Å²) in [7, 11) is 0. The first-order chi connectivity index (χ1) is 6.07. The van der Waals surface area contributed by atoms with Crippen LogP contribution in [0.15, 0.2) is 0 Å².